The molecule has 0 aromatic carbocycles. The SMILES string of the molecule is NC(CO)C(=O)O.NP(=O)(O)O. The van der Waals surface area contributed by atoms with Gasteiger partial charge >= 0.3 is 13.7 Å². The molecule has 0 rings (SSSR count). The second kappa shape index (κ2) is 6.06. The Kier molecular flexibility index (Phi) is 7.10. The van der Waals surface area contributed by atoms with Crippen LogP contribution in [0.5, 0.6) is 0 Å². The maximum Gasteiger partial charge on any atom is 0.397 e. The van der Waals surface area contributed by atoms with Crippen molar-refractivity contribution in [3.63, 3.8) is 0 Å². The predicted octanol–water partition coefficient (Wildman–Crippen LogP) is -2.57. The van der Waals surface area contributed by atoms with E-state index in [9.17, 15) is 4.79 Å². The van der Waals surface area contributed by atoms with Crippen LogP contribution in [0.1, 0.15) is 0 Å². The molecule has 0 aliphatic carbocycles. The summed E-state index contributed by atoms with van der Waals surface area (Å²) in [7, 11) is -4.14. The monoisotopic (exact) mass is 202 g/mol. The molecule has 0 aliphatic heterocycles. The van der Waals surface area contributed by atoms with E-state index in [-0.39, 0.29) is 0 Å². The summed E-state index contributed by atoms with van der Waals surface area (Å²) in [6, 6.07) is -1.13. The zero-order valence-corrected chi connectivity index (χ0v) is 6.89. The van der Waals surface area contributed by atoms with E-state index in [1.165, 1.54) is 0 Å². The van der Waals surface area contributed by atoms with Crippen molar-refractivity contribution < 1.29 is 29.4 Å². The second-order valence-electron chi connectivity index (χ2n) is 1.72. The van der Waals surface area contributed by atoms with E-state index < -0.39 is 26.4 Å². The van der Waals surface area contributed by atoms with Crippen LogP contribution in [-0.2, 0) is 9.36 Å². The standard InChI is InChI=1S/C3H7NO3.H4NO3P/c4-2(1-5)3(6)7;1-5(2,3)4/h2,5H,1,4H2,(H,6,7);(H4,1,2,3,4). The van der Waals surface area contributed by atoms with Crippen molar-refractivity contribution in [2.75, 3.05) is 6.61 Å². The molecule has 0 saturated carbocycles. The van der Waals surface area contributed by atoms with E-state index in [2.05, 4.69) is 5.50 Å². The van der Waals surface area contributed by atoms with Gasteiger partial charge in [0.05, 0.1) is 6.61 Å². The van der Waals surface area contributed by atoms with Crippen LogP contribution in [0, 0.1) is 0 Å². The molecule has 0 radical (unpaired) electrons. The number of aliphatic hydroxyl groups is 1. The van der Waals surface area contributed by atoms with Crippen LogP contribution in [0.15, 0.2) is 0 Å². The maximum atomic E-state index is 9.65. The molecule has 0 aliphatic rings. The molecule has 0 amide bonds. The van der Waals surface area contributed by atoms with Gasteiger partial charge in [-0.25, -0.2) is 10.1 Å². The Labute approximate surface area is 68.0 Å². The molecule has 74 valence electrons. The number of hydrogen-bond acceptors (Lipinski definition) is 4. The number of aliphatic carboxylic acids is 1. The minimum atomic E-state index is -4.14. The van der Waals surface area contributed by atoms with Crippen molar-refractivity contribution in [3.05, 3.63) is 0 Å². The Morgan fingerprint density at radius 2 is 1.75 bits per heavy atom. The summed E-state index contributed by atoms with van der Waals surface area (Å²) in [5, 5.41) is 15.9. The molecule has 1 atom stereocenters. The second-order valence-corrected chi connectivity index (χ2v) is 2.89. The average Bonchev–Trinajstić information content (AvgIpc) is 1.82. The van der Waals surface area contributed by atoms with Gasteiger partial charge in [0, 0.05) is 0 Å². The minimum Gasteiger partial charge on any atom is -0.480 e. The summed E-state index contributed by atoms with van der Waals surface area (Å²) in [4.78, 5) is 24.5. The number of hydrogen-bond donors (Lipinski definition) is 6. The molecule has 0 saturated heterocycles. The van der Waals surface area contributed by atoms with Crippen LogP contribution in [0.2, 0.25) is 0 Å². The van der Waals surface area contributed by atoms with Crippen LogP contribution in [0.4, 0.5) is 0 Å². The number of carboxylic acid groups (broad SMARTS) is 1. The van der Waals surface area contributed by atoms with Crippen molar-refractivity contribution in [2.24, 2.45) is 11.2 Å². The topological polar surface area (TPSA) is 167 Å². The third-order valence-corrected chi connectivity index (χ3v) is 0.514. The Bertz CT molecular complexity index is 169. The Hall–Kier alpha value is -0.500. The fraction of sp³-hybridized carbons (Fsp3) is 0.667. The molecule has 0 fully saturated rings. The lowest BCUT2D eigenvalue weighted by Crippen LogP contribution is -2.33. The average molecular weight is 202 g/mol. The third kappa shape index (κ3) is 22.7. The molecule has 0 bridgehead atoms. The van der Waals surface area contributed by atoms with E-state index >= 15 is 0 Å². The van der Waals surface area contributed by atoms with E-state index in [4.69, 9.17) is 30.3 Å². The number of nitrogens with two attached hydrogens (primary N) is 2. The molecule has 9 heteroatoms. The maximum absolute atomic E-state index is 9.65. The first-order valence-corrected chi connectivity index (χ1v) is 4.30. The first kappa shape index (κ1) is 14.0. The van der Waals surface area contributed by atoms with Crippen LogP contribution < -0.4 is 11.2 Å². The summed E-state index contributed by atoms with van der Waals surface area (Å²) in [5.41, 5.74) is 8.79. The van der Waals surface area contributed by atoms with Gasteiger partial charge < -0.3 is 25.7 Å². The molecule has 0 heterocycles. The first-order chi connectivity index (χ1) is 5.18. The minimum absolute atomic E-state index is 0.505. The van der Waals surface area contributed by atoms with Gasteiger partial charge in [0.2, 0.25) is 0 Å². The molecular formula is C3H11N2O6P. The number of aliphatic hydroxyl groups excluding tert-OH is 1. The summed E-state index contributed by atoms with van der Waals surface area (Å²) in [6.45, 7) is -0.505. The molecule has 1 unspecified atom stereocenters. The summed E-state index contributed by atoms with van der Waals surface area (Å²) < 4.78 is 9.10. The van der Waals surface area contributed by atoms with Gasteiger partial charge in [0.25, 0.3) is 0 Å². The van der Waals surface area contributed by atoms with Gasteiger partial charge in [-0.1, -0.05) is 0 Å². The van der Waals surface area contributed by atoms with Crippen molar-refractivity contribution in [1.29, 1.82) is 0 Å². The quantitative estimate of drug-likeness (QED) is 0.265. The van der Waals surface area contributed by atoms with Gasteiger partial charge in [0.1, 0.15) is 6.04 Å². The fourth-order valence-electron chi connectivity index (χ4n) is 0.0781. The van der Waals surface area contributed by atoms with Gasteiger partial charge in [-0.05, 0) is 0 Å². The van der Waals surface area contributed by atoms with Crippen LogP contribution >= 0.6 is 7.75 Å². The molecule has 0 aromatic heterocycles. The van der Waals surface area contributed by atoms with Gasteiger partial charge in [-0.2, -0.15) is 0 Å². The summed E-state index contributed by atoms with van der Waals surface area (Å²) in [5.74, 6) is -1.18. The van der Waals surface area contributed by atoms with Crippen LogP contribution in [0.3, 0.4) is 0 Å². The van der Waals surface area contributed by atoms with Gasteiger partial charge in [0.15, 0.2) is 0 Å². The van der Waals surface area contributed by atoms with Gasteiger partial charge in [-0.15, -0.1) is 0 Å². The highest BCUT2D eigenvalue weighted by Crippen LogP contribution is 2.20. The van der Waals surface area contributed by atoms with E-state index in [1.807, 2.05) is 0 Å². The Morgan fingerprint density at radius 1 is 1.50 bits per heavy atom. The van der Waals surface area contributed by atoms with Gasteiger partial charge in [-0.3, -0.25) is 4.79 Å². The van der Waals surface area contributed by atoms with Crippen molar-refractivity contribution in [2.45, 2.75) is 6.04 Å². The van der Waals surface area contributed by atoms with Crippen molar-refractivity contribution in [3.8, 4) is 0 Å². The first-order valence-electron chi connectivity index (χ1n) is 2.61. The predicted molar refractivity (Wildman–Crippen MR) is 38.9 cm³/mol. The highest BCUT2D eigenvalue weighted by molar-refractivity contribution is 7.49. The Balaban J connectivity index is 0. The third-order valence-electron chi connectivity index (χ3n) is 0.514. The summed E-state index contributed by atoms with van der Waals surface area (Å²) >= 11 is 0. The molecule has 8 N–H and O–H groups in total. The zero-order chi connectivity index (χ0) is 10.4. The molecule has 0 aromatic rings. The molecule has 0 spiro atoms. The molecule has 12 heavy (non-hydrogen) atoms. The zero-order valence-electron chi connectivity index (χ0n) is 5.99. The van der Waals surface area contributed by atoms with Crippen LogP contribution in [-0.4, -0.2) is 38.6 Å². The normalized spacial score (nSPS) is 12.8. The number of carbonyl (C=O) groups is 1. The largest absolute Gasteiger partial charge is 0.480 e. The fourth-order valence-corrected chi connectivity index (χ4v) is 0.0781. The lowest BCUT2D eigenvalue weighted by atomic mass is 10.3. The van der Waals surface area contributed by atoms with Crippen molar-refractivity contribution >= 4 is 13.7 Å². The number of carboxylic acids is 1. The van der Waals surface area contributed by atoms with E-state index in [0.717, 1.165) is 0 Å². The Morgan fingerprint density at radius 3 is 1.75 bits per heavy atom. The summed E-state index contributed by atoms with van der Waals surface area (Å²) in [6.07, 6.45) is 0. The lowest BCUT2D eigenvalue weighted by molar-refractivity contribution is -0.139. The molecular weight excluding hydrogens is 191 g/mol. The number of rotatable bonds is 2. The highest BCUT2D eigenvalue weighted by Gasteiger charge is 2.06. The highest BCUT2D eigenvalue weighted by atomic mass is 31.2. The van der Waals surface area contributed by atoms with E-state index in [0.29, 0.717) is 0 Å². The molecule has 8 nitrogen and oxygen atoms in total. The van der Waals surface area contributed by atoms with Crippen LogP contribution in [0.25, 0.3) is 0 Å². The lowest BCUT2D eigenvalue weighted by Gasteiger charge is -1.96. The smallest absolute Gasteiger partial charge is 0.397 e. The van der Waals surface area contributed by atoms with Crippen molar-refractivity contribution in [1.82, 2.24) is 0 Å². The van der Waals surface area contributed by atoms with E-state index in [1.54, 1.807) is 0 Å².